The van der Waals surface area contributed by atoms with Gasteiger partial charge in [-0.2, -0.15) is 0 Å². The largest absolute Gasteiger partial charge is 0.307 e. The molecule has 1 atom stereocenters. The van der Waals surface area contributed by atoms with Crippen LogP contribution in [0.2, 0.25) is 0 Å². The van der Waals surface area contributed by atoms with Crippen LogP contribution in [0.15, 0.2) is 24.3 Å². The van der Waals surface area contributed by atoms with Crippen LogP contribution in [0.5, 0.6) is 0 Å². The Morgan fingerprint density at radius 3 is 2.47 bits per heavy atom. The summed E-state index contributed by atoms with van der Waals surface area (Å²) in [6, 6.07) is 7.64. The summed E-state index contributed by atoms with van der Waals surface area (Å²) < 4.78 is 0. The van der Waals surface area contributed by atoms with E-state index < -0.39 is 0 Å². The van der Waals surface area contributed by atoms with E-state index in [2.05, 4.69) is 12.2 Å². The number of aryl methyl sites for hydroxylation is 1. The maximum Gasteiger partial charge on any atom is 0.179 e. The van der Waals surface area contributed by atoms with Gasteiger partial charge in [0.25, 0.3) is 0 Å². The van der Waals surface area contributed by atoms with Crippen molar-refractivity contribution in [1.29, 1.82) is 0 Å². The van der Waals surface area contributed by atoms with Crippen LogP contribution >= 0.6 is 0 Å². The van der Waals surface area contributed by atoms with Gasteiger partial charge in [0, 0.05) is 5.56 Å². The molecular weight excluding hydrogens is 186 g/mol. The molecule has 0 fully saturated rings. The SMILES string of the molecule is CCCNC(C)C(=O)c1ccc(C)cc1. The summed E-state index contributed by atoms with van der Waals surface area (Å²) in [5.41, 5.74) is 1.97. The molecule has 2 heteroatoms. The third-order valence-electron chi connectivity index (χ3n) is 2.43. The van der Waals surface area contributed by atoms with E-state index in [9.17, 15) is 4.79 Å². The summed E-state index contributed by atoms with van der Waals surface area (Å²) in [5.74, 6) is 0.170. The molecule has 2 nitrogen and oxygen atoms in total. The molecule has 0 radical (unpaired) electrons. The van der Waals surface area contributed by atoms with Crippen molar-refractivity contribution in [3.8, 4) is 0 Å². The molecule has 1 rings (SSSR count). The van der Waals surface area contributed by atoms with Gasteiger partial charge < -0.3 is 5.32 Å². The second-order valence-corrected chi connectivity index (χ2v) is 3.91. The average molecular weight is 205 g/mol. The van der Waals surface area contributed by atoms with Crippen LogP contribution in [-0.4, -0.2) is 18.4 Å². The third-order valence-corrected chi connectivity index (χ3v) is 2.43. The molecule has 0 spiro atoms. The van der Waals surface area contributed by atoms with Crippen LogP contribution < -0.4 is 5.32 Å². The molecule has 1 aromatic carbocycles. The number of ketones is 1. The predicted octanol–water partition coefficient (Wildman–Crippen LogP) is 2.57. The first-order chi connectivity index (χ1) is 7.15. The number of carbonyl (C=O) groups excluding carboxylic acids is 1. The van der Waals surface area contributed by atoms with E-state index in [0.29, 0.717) is 0 Å². The van der Waals surface area contributed by atoms with Gasteiger partial charge in [0.05, 0.1) is 6.04 Å². The molecule has 0 aromatic heterocycles. The van der Waals surface area contributed by atoms with Gasteiger partial charge in [-0.25, -0.2) is 0 Å². The van der Waals surface area contributed by atoms with E-state index >= 15 is 0 Å². The number of Topliss-reactive ketones (excluding diaryl/α,β-unsaturated/α-hetero) is 1. The van der Waals surface area contributed by atoms with Gasteiger partial charge in [-0.15, -0.1) is 0 Å². The third kappa shape index (κ3) is 3.48. The topological polar surface area (TPSA) is 29.1 Å². The van der Waals surface area contributed by atoms with Crippen molar-refractivity contribution in [2.45, 2.75) is 33.2 Å². The molecule has 0 aliphatic rings. The van der Waals surface area contributed by atoms with Crippen molar-refractivity contribution in [1.82, 2.24) is 5.32 Å². The first kappa shape index (κ1) is 11.9. The number of benzene rings is 1. The quantitative estimate of drug-likeness (QED) is 0.748. The summed E-state index contributed by atoms with van der Waals surface area (Å²) in [6.07, 6.45) is 1.05. The maximum atomic E-state index is 11.9. The minimum absolute atomic E-state index is 0.0901. The first-order valence-electron chi connectivity index (χ1n) is 5.49. The Hall–Kier alpha value is -1.15. The predicted molar refractivity (Wildman–Crippen MR) is 63.3 cm³/mol. The van der Waals surface area contributed by atoms with E-state index in [1.54, 1.807) is 0 Å². The summed E-state index contributed by atoms with van der Waals surface area (Å²) in [4.78, 5) is 11.9. The van der Waals surface area contributed by atoms with Gasteiger partial charge in [0.2, 0.25) is 0 Å². The highest BCUT2D eigenvalue weighted by Gasteiger charge is 2.13. The van der Waals surface area contributed by atoms with E-state index in [4.69, 9.17) is 0 Å². The van der Waals surface area contributed by atoms with Crippen molar-refractivity contribution in [2.75, 3.05) is 6.54 Å². The molecule has 82 valence electrons. The number of rotatable bonds is 5. The van der Waals surface area contributed by atoms with E-state index in [1.807, 2.05) is 38.1 Å². The van der Waals surface area contributed by atoms with Crippen LogP contribution in [0, 0.1) is 6.92 Å². The highest BCUT2D eigenvalue weighted by molar-refractivity contribution is 5.99. The van der Waals surface area contributed by atoms with Crippen LogP contribution in [0.25, 0.3) is 0 Å². The molecule has 1 N–H and O–H groups in total. The number of hydrogen-bond acceptors (Lipinski definition) is 2. The Labute approximate surface area is 91.7 Å². The van der Waals surface area contributed by atoms with Crippen LogP contribution in [0.3, 0.4) is 0 Å². The van der Waals surface area contributed by atoms with E-state index in [0.717, 1.165) is 18.5 Å². The molecule has 0 bridgehead atoms. The summed E-state index contributed by atoms with van der Waals surface area (Å²) >= 11 is 0. The fourth-order valence-corrected chi connectivity index (χ4v) is 1.42. The summed E-state index contributed by atoms with van der Waals surface area (Å²) in [5, 5.41) is 3.20. The Morgan fingerprint density at radius 1 is 1.33 bits per heavy atom. The lowest BCUT2D eigenvalue weighted by Gasteiger charge is -2.11. The second kappa shape index (κ2) is 5.66. The van der Waals surface area contributed by atoms with Gasteiger partial charge >= 0.3 is 0 Å². The first-order valence-corrected chi connectivity index (χ1v) is 5.49. The van der Waals surface area contributed by atoms with Crippen LogP contribution in [0.1, 0.15) is 36.2 Å². The molecule has 15 heavy (non-hydrogen) atoms. The molecular formula is C13H19NO. The molecule has 1 unspecified atom stereocenters. The van der Waals surface area contributed by atoms with Crippen molar-refractivity contribution in [3.05, 3.63) is 35.4 Å². The van der Waals surface area contributed by atoms with E-state index in [1.165, 1.54) is 5.56 Å². The Balaban J connectivity index is 2.63. The average Bonchev–Trinajstić information content (AvgIpc) is 2.26. The van der Waals surface area contributed by atoms with Crippen molar-refractivity contribution >= 4 is 5.78 Å². The van der Waals surface area contributed by atoms with Crippen LogP contribution in [0.4, 0.5) is 0 Å². The number of hydrogen-bond donors (Lipinski definition) is 1. The van der Waals surface area contributed by atoms with Gasteiger partial charge in [0.1, 0.15) is 0 Å². The van der Waals surface area contributed by atoms with Crippen LogP contribution in [-0.2, 0) is 0 Å². The molecule has 0 heterocycles. The lowest BCUT2D eigenvalue weighted by atomic mass is 10.0. The van der Waals surface area contributed by atoms with Gasteiger partial charge in [-0.1, -0.05) is 36.8 Å². The maximum absolute atomic E-state index is 11.9. The summed E-state index contributed by atoms with van der Waals surface area (Å²) in [6.45, 7) is 6.92. The lowest BCUT2D eigenvalue weighted by molar-refractivity contribution is 0.0951. The Kier molecular flexibility index (Phi) is 4.50. The van der Waals surface area contributed by atoms with E-state index in [-0.39, 0.29) is 11.8 Å². The monoisotopic (exact) mass is 205 g/mol. The molecule has 0 aliphatic heterocycles. The Bertz CT molecular complexity index is 316. The minimum Gasteiger partial charge on any atom is -0.307 e. The number of carbonyl (C=O) groups is 1. The smallest absolute Gasteiger partial charge is 0.179 e. The molecule has 1 aromatic rings. The molecule has 0 saturated carbocycles. The second-order valence-electron chi connectivity index (χ2n) is 3.91. The molecule has 0 saturated heterocycles. The van der Waals surface area contributed by atoms with Crippen molar-refractivity contribution in [3.63, 3.8) is 0 Å². The van der Waals surface area contributed by atoms with Gasteiger partial charge in [0.15, 0.2) is 5.78 Å². The Morgan fingerprint density at radius 2 is 1.93 bits per heavy atom. The zero-order chi connectivity index (χ0) is 11.3. The molecule has 0 amide bonds. The zero-order valence-electron chi connectivity index (χ0n) is 9.71. The van der Waals surface area contributed by atoms with Gasteiger partial charge in [-0.3, -0.25) is 4.79 Å². The highest BCUT2D eigenvalue weighted by atomic mass is 16.1. The lowest BCUT2D eigenvalue weighted by Crippen LogP contribution is -2.34. The molecule has 0 aliphatic carbocycles. The summed E-state index contributed by atoms with van der Waals surface area (Å²) in [7, 11) is 0. The highest BCUT2D eigenvalue weighted by Crippen LogP contribution is 2.06. The fraction of sp³-hybridized carbons (Fsp3) is 0.462. The number of nitrogens with one attached hydrogen (secondary N) is 1. The normalized spacial score (nSPS) is 12.5. The minimum atomic E-state index is -0.0901. The fourth-order valence-electron chi connectivity index (χ4n) is 1.42. The van der Waals surface area contributed by atoms with Crippen molar-refractivity contribution < 1.29 is 4.79 Å². The standard InChI is InChI=1S/C13H19NO/c1-4-9-14-11(3)13(15)12-7-5-10(2)6-8-12/h5-8,11,14H,4,9H2,1-3H3. The van der Waals surface area contributed by atoms with Gasteiger partial charge in [-0.05, 0) is 26.8 Å². The van der Waals surface area contributed by atoms with Crippen molar-refractivity contribution in [2.24, 2.45) is 0 Å². The zero-order valence-corrected chi connectivity index (χ0v) is 9.71.